The Labute approximate surface area is 139 Å². The number of sulfonamides is 1. The first-order valence-electron chi connectivity index (χ1n) is 5.96. The highest BCUT2D eigenvalue weighted by Gasteiger charge is 2.26. The van der Waals surface area contributed by atoms with Gasteiger partial charge in [0, 0.05) is 18.0 Å². The lowest BCUT2D eigenvalue weighted by atomic mass is 10.2. The van der Waals surface area contributed by atoms with E-state index in [4.69, 9.17) is 34.8 Å². The van der Waals surface area contributed by atoms with Crippen molar-refractivity contribution in [1.82, 2.24) is 0 Å². The van der Waals surface area contributed by atoms with E-state index in [2.05, 4.69) is 0 Å². The minimum absolute atomic E-state index is 0.0568. The molecular weight excluding hydrogens is 353 g/mol. The Morgan fingerprint density at radius 3 is 2.29 bits per heavy atom. The predicted octanol–water partition coefficient (Wildman–Crippen LogP) is 4.56. The Bertz CT molecular complexity index is 748. The molecule has 0 saturated carbocycles. The van der Waals surface area contributed by atoms with Crippen LogP contribution in [-0.4, -0.2) is 15.5 Å². The normalized spacial score (nSPS) is 11.4. The summed E-state index contributed by atoms with van der Waals surface area (Å²) in [5.74, 6) is 0.0803. The van der Waals surface area contributed by atoms with Crippen molar-refractivity contribution in [2.24, 2.45) is 0 Å². The van der Waals surface area contributed by atoms with Gasteiger partial charge in [0.05, 0.1) is 10.7 Å². The fraction of sp³-hybridized carbons (Fsp3) is 0.143. The van der Waals surface area contributed by atoms with Gasteiger partial charge in [0.15, 0.2) is 0 Å². The molecule has 0 atom stereocenters. The van der Waals surface area contributed by atoms with Gasteiger partial charge in [-0.25, -0.2) is 8.42 Å². The molecule has 0 fully saturated rings. The Morgan fingerprint density at radius 1 is 1.10 bits per heavy atom. The SMILES string of the molecule is CN(c1ccccc1)S(=O)(=O)c1cc(Cl)cc(CCl)c1Cl. The molecule has 0 aliphatic heterocycles. The molecule has 2 aromatic carbocycles. The molecule has 112 valence electrons. The van der Waals surface area contributed by atoms with E-state index in [1.807, 2.05) is 6.07 Å². The largest absolute Gasteiger partial charge is 0.269 e. The van der Waals surface area contributed by atoms with E-state index in [9.17, 15) is 8.42 Å². The summed E-state index contributed by atoms with van der Waals surface area (Å²) in [4.78, 5) is -0.0568. The van der Waals surface area contributed by atoms with E-state index in [0.717, 1.165) is 4.31 Å². The molecule has 0 heterocycles. The van der Waals surface area contributed by atoms with Gasteiger partial charge >= 0.3 is 0 Å². The van der Waals surface area contributed by atoms with E-state index in [-0.39, 0.29) is 20.8 Å². The van der Waals surface area contributed by atoms with Crippen LogP contribution in [0.3, 0.4) is 0 Å². The zero-order chi connectivity index (χ0) is 15.6. The molecule has 0 unspecified atom stereocenters. The highest BCUT2D eigenvalue weighted by Crippen LogP contribution is 2.33. The molecule has 0 bridgehead atoms. The Morgan fingerprint density at radius 2 is 1.71 bits per heavy atom. The van der Waals surface area contributed by atoms with E-state index in [0.29, 0.717) is 11.3 Å². The van der Waals surface area contributed by atoms with Crippen LogP contribution in [0.4, 0.5) is 5.69 Å². The zero-order valence-corrected chi connectivity index (χ0v) is 14.1. The van der Waals surface area contributed by atoms with Crippen LogP contribution < -0.4 is 4.31 Å². The molecule has 0 N–H and O–H groups in total. The third-order valence-corrected chi connectivity index (χ3v) is 5.86. The maximum Gasteiger partial charge on any atom is 0.265 e. The van der Waals surface area contributed by atoms with Crippen molar-refractivity contribution < 1.29 is 8.42 Å². The van der Waals surface area contributed by atoms with Gasteiger partial charge in [-0.05, 0) is 29.8 Å². The molecular formula is C14H12Cl3NO2S. The van der Waals surface area contributed by atoms with Crippen molar-refractivity contribution in [2.75, 3.05) is 11.4 Å². The number of hydrogen-bond acceptors (Lipinski definition) is 2. The first-order valence-corrected chi connectivity index (χ1v) is 8.69. The average Bonchev–Trinajstić information content (AvgIpc) is 2.49. The average molecular weight is 365 g/mol. The van der Waals surface area contributed by atoms with Crippen molar-refractivity contribution >= 4 is 50.5 Å². The van der Waals surface area contributed by atoms with Gasteiger partial charge in [-0.15, -0.1) is 11.6 Å². The predicted molar refractivity (Wildman–Crippen MR) is 88.0 cm³/mol. The van der Waals surface area contributed by atoms with Gasteiger partial charge in [0.2, 0.25) is 0 Å². The molecule has 0 aliphatic rings. The van der Waals surface area contributed by atoms with Gasteiger partial charge in [0.25, 0.3) is 10.0 Å². The van der Waals surface area contributed by atoms with Gasteiger partial charge in [-0.3, -0.25) is 4.31 Å². The number of anilines is 1. The van der Waals surface area contributed by atoms with Crippen LogP contribution in [0.5, 0.6) is 0 Å². The second-order valence-electron chi connectivity index (χ2n) is 4.32. The lowest BCUT2D eigenvalue weighted by Gasteiger charge is -2.21. The molecule has 2 aromatic rings. The third-order valence-electron chi connectivity index (χ3n) is 2.98. The quantitative estimate of drug-likeness (QED) is 0.746. The number of para-hydroxylation sites is 1. The highest BCUT2D eigenvalue weighted by molar-refractivity contribution is 7.93. The molecule has 0 aromatic heterocycles. The first kappa shape index (κ1) is 16.4. The minimum Gasteiger partial charge on any atom is -0.269 e. The molecule has 7 heteroatoms. The second kappa shape index (κ2) is 6.44. The Hall–Kier alpha value is -0.940. The summed E-state index contributed by atoms with van der Waals surface area (Å²) in [6.07, 6.45) is 0. The highest BCUT2D eigenvalue weighted by atomic mass is 35.5. The van der Waals surface area contributed by atoms with Crippen LogP contribution >= 0.6 is 34.8 Å². The maximum atomic E-state index is 12.7. The molecule has 2 rings (SSSR count). The maximum absolute atomic E-state index is 12.7. The summed E-state index contributed by atoms with van der Waals surface area (Å²) >= 11 is 17.9. The minimum atomic E-state index is -3.82. The summed E-state index contributed by atoms with van der Waals surface area (Å²) in [6, 6.07) is 11.6. The summed E-state index contributed by atoms with van der Waals surface area (Å²) in [6.45, 7) is 0. The van der Waals surface area contributed by atoms with Gasteiger partial charge in [-0.1, -0.05) is 41.4 Å². The molecule has 0 spiro atoms. The molecule has 3 nitrogen and oxygen atoms in total. The van der Waals surface area contributed by atoms with Gasteiger partial charge in [-0.2, -0.15) is 0 Å². The number of hydrogen-bond donors (Lipinski definition) is 0. The van der Waals surface area contributed by atoms with Crippen LogP contribution in [0.15, 0.2) is 47.4 Å². The Kier molecular flexibility index (Phi) is 5.04. The standard InChI is InChI=1S/C14H12Cl3NO2S/c1-18(12-5-3-2-4-6-12)21(19,20)13-8-11(16)7-10(9-15)14(13)17/h2-8H,9H2,1H3. The second-order valence-corrected chi connectivity index (χ2v) is 7.34. The Balaban J connectivity index is 2.57. The van der Waals surface area contributed by atoms with E-state index < -0.39 is 10.0 Å². The van der Waals surface area contributed by atoms with Gasteiger partial charge < -0.3 is 0 Å². The number of nitrogens with zero attached hydrogens (tertiary/aromatic N) is 1. The summed E-state index contributed by atoms with van der Waals surface area (Å²) < 4.78 is 26.6. The number of rotatable bonds is 4. The van der Waals surface area contributed by atoms with Gasteiger partial charge in [0.1, 0.15) is 4.90 Å². The van der Waals surface area contributed by atoms with E-state index in [1.54, 1.807) is 30.3 Å². The smallest absolute Gasteiger partial charge is 0.265 e. The lowest BCUT2D eigenvalue weighted by molar-refractivity contribution is 0.594. The molecule has 0 saturated heterocycles. The molecule has 21 heavy (non-hydrogen) atoms. The van der Waals surface area contributed by atoms with Crippen LogP contribution in [0, 0.1) is 0 Å². The first-order chi connectivity index (χ1) is 9.87. The lowest BCUT2D eigenvalue weighted by Crippen LogP contribution is -2.27. The van der Waals surface area contributed by atoms with Crippen LogP contribution in [-0.2, 0) is 15.9 Å². The molecule has 0 aliphatic carbocycles. The number of benzene rings is 2. The topological polar surface area (TPSA) is 37.4 Å². The molecule has 0 radical (unpaired) electrons. The number of halogens is 3. The number of alkyl halides is 1. The summed E-state index contributed by atoms with van der Waals surface area (Å²) in [7, 11) is -2.36. The van der Waals surface area contributed by atoms with Crippen LogP contribution in [0.1, 0.15) is 5.56 Å². The van der Waals surface area contributed by atoms with Crippen molar-refractivity contribution in [3.05, 3.63) is 58.1 Å². The van der Waals surface area contributed by atoms with E-state index in [1.165, 1.54) is 13.1 Å². The van der Waals surface area contributed by atoms with E-state index >= 15 is 0 Å². The summed E-state index contributed by atoms with van der Waals surface area (Å²) in [5, 5.41) is 0.368. The molecule has 0 amide bonds. The van der Waals surface area contributed by atoms with Crippen molar-refractivity contribution in [3.63, 3.8) is 0 Å². The fourth-order valence-corrected chi connectivity index (χ4v) is 4.21. The third kappa shape index (κ3) is 3.29. The van der Waals surface area contributed by atoms with Crippen LogP contribution in [0.25, 0.3) is 0 Å². The summed E-state index contributed by atoms with van der Waals surface area (Å²) in [5.41, 5.74) is 1.01. The van der Waals surface area contributed by atoms with Crippen LogP contribution in [0.2, 0.25) is 10.0 Å². The van der Waals surface area contributed by atoms with Crippen molar-refractivity contribution in [2.45, 2.75) is 10.8 Å². The zero-order valence-electron chi connectivity index (χ0n) is 11.1. The monoisotopic (exact) mass is 363 g/mol. The fourth-order valence-electron chi connectivity index (χ4n) is 1.83. The van der Waals surface area contributed by atoms with Crippen molar-refractivity contribution in [3.8, 4) is 0 Å². The van der Waals surface area contributed by atoms with Crippen molar-refractivity contribution in [1.29, 1.82) is 0 Å².